The second-order valence-corrected chi connectivity index (χ2v) is 6.06. The predicted octanol–water partition coefficient (Wildman–Crippen LogP) is 1.70. The first kappa shape index (κ1) is 12.4. The first-order valence-electron chi connectivity index (χ1n) is 5.81. The number of carboxylic acid groups (broad SMARTS) is 1. The van der Waals surface area contributed by atoms with E-state index in [2.05, 4.69) is 4.98 Å². The highest BCUT2D eigenvalue weighted by Gasteiger charge is 2.18. The number of aromatic nitrogens is 1. The first-order chi connectivity index (χ1) is 9.13. The molecule has 4 nitrogen and oxygen atoms in total. The summed E-state index contributed by atoms with van der Waals surface area (Å²) in [4.78, 5) is 14.9. The van der Waals surface area contributed by atoms with Gasteiger partial charge in [-0.1, -0.05) is 0 Å². The molecular weight excluding hydrogens is 282 g/mol. The molecule has 0 bridgehead atoms. The standard InChI is InChI=1S/C13H11NO3S2/c15-11(16)6-17-8-2-3-9-7(5-8)1-4-10-12(9)14-13(18)19-10/h2-3,5H,1,4,6H2,(H,14,18)(H,15,16)/p-1. The Labute approximate surface area is 118 Å². The number of thiazole rings is 1. The maximum atomic E-state index is 10.4. The van der Waals surface area contributed by atoms with Gasteiger partial charge in [0.2, 0.25) is 0 Å². The number of carbonyl (C=O) groups excluding carboxylic acids is 1. The number of carboxylic acids is 1. The highest BCUT2D eigenvalue weighted by Crippen LogP contribution is 2.36. The summed E-state index contributed by atoms with van der Waals surface area (Å²) < 4.78 is 5.92. The third-order valence-corrected chi connectivity index (χ3v) is 4.34. The molecule has 1 aromatic heterocycles. The zero-order chi connectivity index (χ0) is 13.4. The van der Waals surface area contributed by atoms with Gasteiger partial charge in [-0.25, -0.2) is 0 Å². The van der Waals surface area contributed by atoms with Gasteiger partial charge in [-0.3, -0.25) is 0 Å². The number of rotatable bonds is 3. The number of aliphatic carboxylic acids is 1. The maximum absolute atomic E-state index is 10.4. The van der Waals surface area contributed by atoms with Crippen LogP contribution >= 0.6 is 23.6 Å². The SMILES string of the molecule is O=C([O-])COc1ccc2c(c1)CCc1sc(=S)[nH]c1-2. The summed E-state index contributed by atoms with van der Waals surface area (Å²) in [5.41, 5.74) is 3.35. The fraction of sp³-hybridized carbons (Fsp3) is 0.231. The Bertz CT molecular complexity index is 702. The number of benzene rings is 1. The number of aryl methyl sites for hydroxylation is 2. The minimum Gasteiger partial charge on any atom is -0.546 e. The van der Waals surface area contributed by atoms with Crippen LogP contribution < -0.4 is 9.84 Å². The van der Waals surface area contributed by atoms with Crippen LogP contribution in [-0.2, 0) is 17.6 Å². The van der Waals surface area contributed by atoms with Crippen molar-refractivity contribution in [1.29, 1.82) is 0 Å². The lowest BCUT2D eigenvalue weighted by Gasteiger charge is -2.17. The molecule has 0 spiro atoms. The van der Waals surface area contributed by atoms with E-state index >= 15 is 0 Å². The number of H-pyrrole nitrogens is 1. The molecule has 0 saturated carbocycles. The molecule has 1 N–H and O–H groups in total. The summed E-state index contributed by atoms with van der Waals surface area (Å²) in [6.45, 7) is -0.426. The Morgan fingerprint density at radius 1 is 1.47 bits per heavy atom. The van der Waals surface area contributed by atoms with Crippen molar-refractivity contribution in [2.45, 2.75) is 12.8 Å². The molecule has 1 aromatic carbocycles. The van der Waals surface area contributed by atoms with Crippen LogP contribution in [0.3, 0.4) is 0 Å². The van der Waals surface area contributed by atoms with Gasteiger partial charge in [0.05, 0.1) is 11.7 Å². The van der Waals surface area contributed by atoms with Gasteiger partial charge in [0.15, 0.2) is 3.95 Å². The number of carbonyl (C=O) groups is 1. The minimum atomic E-state index is -1.22. The van der Waals surface area contributed by atoms with E-state index in [-0.39, 0.29) is 0 Å². The number of nitrogens with one attached hydrogen (secondary N) is 1. The van der Waals surface area contributed by atoms with E-state index in [9.17, 15) is 9.90 Å². The number of fused-ring (bicyclic) bond motifs is 3. The van der Waals surface area contributed by atoms with E-state index in [1.165, 1.54) is 4.88 Å². The summed E-state index contributed by atoms with van der Waals surface area (Å²) in [5.74, 6) is -0.665. The van der Waals surface area contributed by atoms with E-state index in [0.717, 1.165) is 33.6 Å². The Hall–Kier alpha value is -1.66. The van der Waals surface area contributed by atoms with Gasteiger partial charge in [0.1, 0.15) is 12.4 Å². The van der Waals surface area contributed by atoms with Gasteiger partial charge < -0.3 is 19.6 Å². The molecule has 0 radical (unpaired) electrons. The largest absolute Gasteiger partial charge is 0.546 e. The zero-order valence-electron chi connectivity index (χ0n) is 9.89. The normalized spacial score (nSPS) is 12.6. The molecule has 1 heterocycles. The highest BCUT2D eigenvalue weighted by atomic mass is 32.1. The Morgan fingerprint density at radius 3 is 3.11 bits per heavy atom. The fourth-order valence-corrected chi connectivity index (χ4v) is 3.50. The van der Waals surface area contributed by atoms with Crippen molar-refractivity contribution in [2.24, 2.45) is 0 Å². The van der Waals surface area contributed by atoms with Gasteiger partial charge in [-0.2, -0.15) is 0 Å². The predicted molar refractivity (Wildman–Crippen MR) is 72.8 cm³/mol. The van der Waals surface area contributed by atoms with Crippen molar-refractivity contribution >= 4 is 29.5 Å². The third kappa shape index (κ3) is 2.41. The molecule has 0 saturated heterocycles. The summed E-state index contributed by atoms with van der Waals surface area (Å²) in [7, 11) is 0. The van der Waals surface area contributed by atoms with Crippen LogP contribution in [0.2, 0.25) is 0 Å². The highest BCUT2D eigenvalue weighted by molar-refractivity contribution is 7.73. The number of aromatic amines is 1. The van der Waals surface area contributed by atoms with Crippen molar-refractivity contribution in [3.63, 3.8) is 0 Å². The summed E-state index contributed by atoms with van der Waals surface area (Å²) >= 11 is 6.79. The third-order valence-electron chi connectivity index (χ3n) is 3.05. The molecule has 3 rings (SSSR count). The van der Waals surface area contributed by atoms with Gasteiger partial charge in [-0.05, 0) is 48.8 Å². The Morgan fingerprint density at radius 2 is 2.32 bits per heavy atom. The number of hydrogen-bond acceptors (Lipinski definition) is 5. The molecule has 1 aliphatic rings. The van der Waals surface area contributed by atoms with Crippen LogP contribution in [0.5, 0.6) is 5.75 Å². The summed E-state index contributed by atoms with van der Waals surface area (Å²) in [6.07, 6.45) is 1.86. The molecule has 98 valence electrons. The first-order valence-corrected chi connectivity index (χ1v) is 7.04. The maximum Gasteiger partial charge on any atom is 0.159 e. The van der Waals surface area contributed by atoms with E-state index in [1.54, 1.807) is 17.4 Å². The van der Waals surface area contributed by atoms with Crippen molar-refractivity contribution in [2.75, 3.05) is 6.61 Å². The van der Waals surface area contributed by atoms with Gasteiger partial charge in [0.25, 0.3) is 0 Å². The molecule has 2 aromatic rings. The lowest BCUT2D eigenvalue weighted by atomic mass is 9.93. The summed E-state index contributed by atoms with van der Waals surface area (Å²) in [6, 6.07) is 5.59. The van der Waals surface area contributed by atoms with Gasteiger partial charge in [0, 0.05) is 10.4 Å². The number of hydrogen-bond donors (Lipinski definition) is 1. The molecule has 0 aliphatic heterocycles. The molecule has 19 heavy (non-hydrogen) atoms. The van der Waals surface area contributed by atoms with Crippen LogP contribution in [0.15, 0.2) is 18.2 Å². The minimum absolute atomic E-state index is 0.426. The van der Waals surface area contributed by atoms with Crippen LogP contribution in [0.25, 0.3) is 11.3 Å². The molecule has 6 heteroatoms. The van der Waals surface area contributed by atoms with Crippen LogP contribution in [0, 0.1) is 3.95 Å². The monoisotopic (exact) mass is 292 g/mol. The average molecular weight is 292 g/mol. The van der Waals surface area contributed by atoms with Crippen LogP contribution in [0.4, 0.5) is 0 Å². The number of ether oxygens (including phenoxy) is 1. The second-order valence-electron chi connectivity index (χ2n) is 4.29. The van der Waals surface area contributed by atoms with Crippen molar-refractivity contribution in [3.05, 3.63) is 32.6 Å². The van der Waals surface area contributed by atoms with E-state index in [0.29, 0.717) is 5.75 Å². The lowest BCUT2D eigenvalue weighted by Crippen LogP contribution is -2.28. The van der Waals surface area contributed by atoms with E-state index in [1.807, 2.05) is 12.1 Å². The quantitative estimate of drug-likeness (QED) is 0.875. The molecule has 0 atom stereocenters. The van der Waals surface area contributed by atoms with Crippen LogP contribution in [-0.4, -0.2) is 17.6 Å². The molecule has 1 aliphatic carbocycles. The second kappa shape index (κ2) is 4.79. The molecule has 0 amide bonds. The molecular formula is C13H10NO3S2-. The Kier molecular flexibility index (Phi) is 3.12. The topological polar surface area (TPSA) is 65.2 Å². The molecule has 0 unspecified atom stereocenters. The lowest BCUT2D eigenvalue weighted by molar-refractivity contribution is -0.307. The van der Waals surface area contributed by atoms with Crippen molar-refractivity contribution in [1.82, 2.24) is 4.98 Å². The van der Waals surface area contributed by atoms with E-state index < -0.39 is 12.6 Å². The Balaban J connectivity index is 1.95. The van der Waals surface area contributed by atoms with Crippen LogP contribution in [0.1, 0.15) is 10.4 Å². The van der Waals surface area contributed by atoms with Gasteiger partial charge in [-0.15, -0.1) is 11.3 Å². The van der Waals surface area contributed by atoms with E-state index in [4.69, 9.17) is 17.0 Å². The average Bonchev–Trinajstić information content (AvgIpc) is 2.76. The zero-order valence-corrected chi connectivity index (χ0v) is 11.5. The van der Waals surface area contributed by atoms with Gasteiger partial charge >= 0.3 is 0 Å². The van der Waals surface area contributed by atoms with Crippen molar-refractivity contribution in [3.8, 4) is 17.0 Å². The smallest absolute Gasteiger partial charge is 0.159 e. The summed E-state index contributed by atoms with van der Waals surface area (Å²) in [5, 5.41) is 10.4. The molecule has 0 fully saturated rings. The fourth-order valence-electron chi connectivity index (χ4n) is 2.25. The van der Waals surface area contributed by atoms with Crippen molar-refractivity contribution < 1.29 is 14.6 Å².